The molecule has 1 aromatic heterocycles. The number of hydrogen-bond donors (Lipinski definition) is 2. The largest absolute Gasteiger partial charge is 0.347 e. The number of aromatic nitrogens is 2. The second-order valence-corrected chi connectivity index (χ2v) is 8.66. The lowest BCUT2D eigenvalue weighted by Crippen LogP contribution is -2.33. The zero-order valence-corrected chi connectivity index (χ0v) is 18.0. The van der Waals surface area contributed by atoms with Crippen LogP contribution in [0.5, 0.6) is 0 Å². The molecule has 6 heteroatoms. The first-order valence-corrected chi connectivity index (χ1v) is 10.6. The van der Waals surface area contributed by atoms with Crippen LogP contribution in [-0.2, 0) is 13.1 Å². The van der Waals surface area contributed by atoms with Crippen molar-refractivity contribution in [1.82, 2.24) is 20.4 Å². The van der Waals surface area contributed by atoms with Gasteiger partial charge >= 0.3 is 0 Å². The Morgan fingerprint density at radius 2 is 1.96 bits per heavy atom. The Hall–Kier alpha value is -1.66. The van der Waals surface area contributed by atoms with Gasteiger partial charge in [-0.2, -0.15) is 5.10 Å². The Morgan fingerprint density at radius 1 is 1.30 bits per heavy atom. The van der Waals surface area contributed by atoms with E-state index in [-0.39, 0.29) is 11.8 Å². The third-order valence-electron chi connectivity index (χ3n) is 5.35. The second kappa shape index (κ2) is 9.02. The molecule has 0 spiro atoms. The zero-order chi connectivity index (χ0) is 19.4. The molecule has 1 aliphatic heterocycles. The number of amides is 1. The van der Waals surface area contributed by atoms with Crippen LogP contribution in [0.4, 0.5) is 0 Å². The van der Waals surface area contributed by atoms with Crippen molar-refractivity contribution in [1.29, 1.82) is 0 Å². The number of nitrogens with zero attached hydrogens (tertiary/aromatic N) is 2. The predicted molar refractivity (Wildman–Crippen MR) is 112 cm³/mol. The first-order valence-electron chi connectivity index (χ1n) is 9.76. The van der Waals surface area contributed by atoms with Crippen molar-refractivity contribution in [3.05, 3.63) is 51.3 Å². The van der Waals surface area contributed by atoms with Crippen molar-refractivity contribution in [2.24, 2.45) is 5.92 Å². The molecule has 0 bridgehead atoms. The zero-order valence-electron chi connectivity index (χ0n) is 16.4. The number of carbonyl (C=O) groups is 1. The molecule has 0 aliphatic carbocycles. The van der Waals surface area contributed by atoms with Gasteiger partial charge < -0.3 is 5.32 Å². The van der Waals surface area contributed by atoms with Gasteiger partial charge in [0, 0.05) is 13.1 Å². The van der Waals surface area contributed by atoms with E-state index in [2.05, 4.69) is 75.3 Å². The molecule has 0 saturated carbocycles. The van der Waals surface area contributed by atoms with Gasteiger partial charge in [0.25, 0.3) is 5.91 Å². The van der Waals surface area contributed by atoms with Gasteiger partial charge in [-0.05, 0) is 64.8 Å². The highest BCUT2D eigenvalue weighted by Gasteiger charge is 2.20. The summed E-state index contributed by atoms with van der Waals surface area (Å²) >= 11 is 3.50. The molecule has 1 aromatic carbocycles. The predicted octanol–water partition coefficient (Wildman–Crippen LogP) is 4.46. The lowest BCUT2D eigenvalue weighted by molar-refractivity contribution is 0.0945. The molecule has 5 nitrogen and oxygen atoms in total. The highest BCUT2D eigenvalue weighted by molar-refractivity contribution is 9.10. The maximum atomic E-state index is 12.6. The number of rotatable bonds is 6. The first-order chi connectivity index (χ1) is 13.0. The smallest absolute Gasteiger partial charge is 0.273 e. The third kappa shape index (κ3) is 4.99. The number of piperidine rings is 1. The molecule has 1 amide bonds. The normalized spacial score (nSPS) is 16.0. The second-order valence-electron chi connectivity index (χ2n) is 7.86. The van der Waals surface area contributed by atoms with E-state index in [1.54, 1.807) is 0 Å². The van der Waals surface area contributed by atoms with Crippen molar-refractivity contribution in [3.63, 3.8) is 0 Å². The minimum absolute atomic E-state index is 0.161. The van der Waals surface area contributed by atoms with Crippen molar-refractivity contribution >= 4 is 21.8 Å². The molecule has 2 aromatic rings. The summed E-state index contributed by atoms with van der Waals surface area (Å²) in [5.41, 5.74) is 3.82. The molecular formula is C21H29BrN4O. The molecule has 0 atom stereocenters. The SMILES string of the molecule is CC1CCN(Cc2ccccc2CNC(=O)c2n[nH]c(C(C)C)c2Br)CC1. The number of halogens is 1. The third-order valence-corrected chi connectivity index (χ3v) is 6.16. The van der Waals surface area contributed by atoms with Gasteiger partial charge in [0.1, 0.15) is 0 Å². The molecule has 1 fully saturated rings. The highest BCUT2D eigenvalue weighted by Crippen LogP contribution is 2.25. The van der Waals surface area contributed by atoms with Crippen molar-refractivity contribution in [2.45, 2.75) is 52.6 Å². The monoisotopic (exact) mass is 432 g/mol. The number of H-pyrrole nitrogens is 1. The van der Waals surface area contributed by atoms with E-state index in [0.29, 0.717) is 12.2 Å². The van der Waals surface area contributed by atoms with E-state index in [0.717, 1.165) is 35.7 Å². The Labute approximate surface area is 170 Å². The quantitative estimate of drug-likeness (QED) is 0.707. The van der Waals surface area contributed by atoms with Crippen LogP contribution in [-0.4, -0.2) is 34.1 Å². The van der Waals surface area contributed by atoms with Crippen molar-refractivity contribution in [3.8, 4) is 0 Å². The molecule has 1 saturated heterocycles. The fourth-order valence-electron chi connectivity index (χ4n) is 3.48. The van der Waals surface area contributed by atoms with E-state index in [9.17, 15) is 4.79 Å². The number of likely N-dealkylation sites (tertiary alicyclic amines) is 1. The summed E-state index contributed by atoms with van der Waals surface area (Å²) in [6.07, 6.45) is 2.54. The number of nitrogens with one attached hydrogen (secondary N) is 2. The fraction of sp³-hybridized carbons (Fsp3) is 0.524. The standard InChI is InChI=1S/C21H29BrN4O/c1-14(2)19-18(22)20(25-24-19)21(27)23-12-16-6-4-5-7-17(16)13-26-10-8-15(3)9-11-26/h4-7,14-15H,8-13H2,1-3H3,(H,23,27)(H,24,25). The maximum absolute atomic E-state index is 12.6. The van der Waals surface area contributed by atoms with Gasteiger partial charge in [0.2, 0.25) is 0 Å². The van der Waals surface area contributed by atoms with Gasteiger partial charge in [0.15, 0.2) is 5.69 Å². The lowest BCUT2D eigenvalue weighted by Gasteiger charge is -2.30. The average Bonchev–Trinajstić information content (AvgIpc) is 3.04. The molecule has 27 heavy (non-hydrogen) atoms. The number of hydrogen-bond acceptors (Lipinski definition) is 3. The van der Waals surface area contributed by atoms with E-state index in [1.807, 2.05) is 6.07 Å². The molecule has 0 unspecified atom stereocenters. The number of benzene rings is 1. The van der Waals surface area contributed by atoms with Crippen LogP contribution in [0.3, 0.4) is 0 Å². The fourth-order valence-corrected chi connectivity index (χ4v) is 4.29. The molecule has 0 radical (unpaired) electrons. The van der Waals surface area contributed by atoms with E-state index in [4.69, 9.17) is 0 Å². The summed E-state index contributed by atoms with van der Waals surface area (Å²) in [7, 11) is 0. The summed E-state index contributed by atoms with van der Waals surface area (Å²) in [6, 6.07) is 8.37. The van der Waals surface area contributed by atoms with Crippen LogP contribution in [0.25, 0.3) is 0 Å². The Bertz CT molecular complexity index is 778. The van der Waals surface area contributed by atoms with E-state index < -0.39 is 0 Å². The summed E-state index contributed by atoms with van der Waals surface area (Å²) < 4.78 is 0.755. The van der Waals surface area contributed by atoms with Crippen LogP contribution >= 0.6 is 15.9 Å². The van der Waals surface area contributed by atoms with Crippen LogP contribution in [0, 0.1) is 5.92 Å². The van der Waals surface area contributed by atoms with Crippen LogP contribution in [0.1, 0.15) is 66.8 Å². The lowest BCUT2D eigenvalue weighted by atomic mass is 9.98. The first kappa shape index (κ1) is 20.1. The summed E-state index contributed by atoms with van der Waals surface area (Å²) in [5, 5.41) is 10.2. The average molecular weight is 433 g/mol. The Balaban J connectivity index is 1.63. The molecular weight excluding hydrogens is 404 g/mol. The Morgan fingerprint density at radius 3 is 2.59 bits per heavy atom. The van der Waals surface area contributed by atoms with Crippen molar-refractivity contribution in [2.75, 3.05) is 13.1 Å². The number of carbonyl (C=O) groups excluding carboxylic acids is 1. The summed E-state index contributed by atoms with van der Waals surface area (Å²) in [4.78, 5) is 15.1. The Kier molecular flexibility index (Phi) is 6.71. The van der Waals surface area contributed by atoms with Gasteiger partial charge in [-0.1, -0.05) is 45.0 Å². The minimum Gasteiger partial charge on any atom is -0.347 e. The van der Waals surface area contributed by atoms with Crippen LogP contribution in [0.15, 0.2) is 28.7 Å². The number of aromatic amines is 1. The van der Waals surface area contributed by atoms with E-state index >= 15 is 0 Å². The molecule has 3 rings (SSSR count). The van der Waals surface area contributed by atoms with Crippen molar-refractivity contribution < 1.29 is 4.79 Å². The summed E-state index contributed by atoms with van der Waals surface area (Å²) in [6.45, 7) is 10.2. The topological polar surface area (TPSA) is 61.0 Å². The molecule has 2 N–H and O–H groups in total. The maximum Gasteiger partial charge on any atom is 0.273 e. The van der Waals surface area contributed by atoms with Gasteiger partial charge in [0.05, 0.1) is 10.2 Å². The highest BCUT2D eigenvalue weighted by atomic mass is 79.9. The minimum atomic E-state index is -0.161. The molecule has 146 valence electrons. The molecule has 1 aliphatic rings. The van der Waals surface area contributed by atoms with Crippen LogP contribution in [0.2, 0.25) is 0 Å². The van der Waals surface area contributed by atoms with E-state index in [1.165, 1.54) is 24.0 Å². The summed E-state index contributed by atoms with van der Waals surface area (Å²) in [5.74, 6) is 0.951. The van der Waals surface area contributed by atoms with Gasteiger partial charge in [-0.15, -0.1) is 0 Å². The van der Waals surface area contributed by atoms with Gasteiger partial charge in [-0.25, -0.2) is 0 Å². The molecule has 2 heterocycles. The van der Waals surface area contributed by atoms with Crippen LogP contribution < -0.4 is 5.32 Å². The van der Waals surface area contributed by atoms with Gasteiger partial charge in [-0.3, -0.25) is 14.8 Å².